The smallest absolute Gasteiger partial charge is 0.294 e. The Morgan fingerprint density at radius 1 is 1.42 bits per heavy atom. The molecule has 3 aromatic rings. The molecule has 6 nitrogen and oxygen atoms in total. The van der Waals surface area contributed by atoms with Gasteiger partial charge in [0.15, 0.2) is 0 Å². The van der Waals surface area contributed by atoms with Crippen molar-refractivity contribution in [3.05, 3.63) is 38.9 Å². The number of H-pyrrole nitrogens is 1. The molecule has 0 amide bonds. The third-order valence-corrected chi connectivity index (χ3v) is 5.83. The molecule has 2 aromatic heterocycles. The standard InChI is InChI=1S/C17H16BrN3O3/c18-9-2-4-12-10(5-9)14-16(24-12)17(23)20-13(19-14)7-21-6-8-1-3-11(21)15(8)22/h2,4-5,8,11,15,22H,1,3,6-7H2,(H,19,20,23). The summed E-state index contributed by atoms with van der Waals surface area (Å²) in [6, 6.07) is 5.81. The lowest BCUT2D eigenvalue weighted by atomic mass is 10.1. The van der Waals surface area contributed by atoms with E-state index in [1.54, 1.807) is 0 Å². The number of aromatic amines is 1. The van der Waals surface area contributed by atoms with Gasteiger partial charge < -0.3 is 14.5 Å². The largest absolute Gasteiger partial charge is 0.449 e. The number of fused-ring (bicyclic) bond motifs is 5. The molecule has 0 spiro atoms. The SMILES string of the molecule is O=c1[nH]c(CN2CC3CCC2C3O)nc2c1oc1ccc(Br)cc12. The van der Waals surface area contributed by atoms with Gasteiger partial charge >= 0.3 is 0 Å². The second kappa shape index (κ2) is 5.15. The van der Waals surface area contributed by atoms with E-state index in [4.69, 9.17) is 4.42 Å². The van der Waals surface area contributed by atoms with Crippen molar-refractivity contribution < 1.29 is 9.52 Å². The normalized spacial score (nSPS) is 26.8. The lowest BCUT2D eigenvalue weighted by molar-refractivity contribution is 0.120. The van der Waals surface area contributed by atoms with Gasteiger partial charge in [0.25, 0.3) is 5.56 Å². The van der Waals surface area contributed by atoms with E-state index in [0.29, 0.717) is 29.4 Å². The van der Waals surface area contributed by atoms with Crippen molar-refractivity contribution in [1.29, 1.82) is 0 Å². The fourth-order valence-electron chi connectivity index (χ4n) is 4.20. The summed E-state index contributed by atoms with van der Waals surface area (Å²) >= 11 is 3.45. The van der Waals surface area contributed by atoms with E-state index in [2.05, 4.69) is 30.8 Å². The van der Waals surface area contributed by atoms with Crippen molar-refractivity contribution in [2.45, 2.75) is 31.5 Å². The van der Waals surface area contributed by atoms with Crippen molar-refractivity contribution in [2.75, 3.05) is 6.54 Å². The molecule has 2 N–H and O–H groups in total. The molecule has 3 unspecified atom stereocenters. The van der Waals surface area contributed by atoms with E-state index in [0.717, 1.165) is 29.2 Å². The number of hydrogen-bond donors (Lipinski definition) is 2. The van der Waals surface area contributed by atoms with Gasteiger partial charge in [0.1, 0.15) is 16.9 Å². The van der Waals surface area contributed by atoms with Gasteiger partial charge in [-0.15, -0.1) is 0 Å². The van der Waals surface area contributed by atoms with E-state index >= 15 is 0 Å². The highest BCUT2D eigenvalue weighted by atomic mass is 79.9. The summed E-state index contributed by atoms with van der Waals surface area (Å²) in [5.41, 5.74) is 1.25. The predicted octanol–water partition coefficient (Wildman–Crippen LogP) is 2.39. The van der Waals surface area contributed by atoms with Crippen molar-refractivity contribution in [2.24, 2.45) is 5.92 Å². The Morgan fingerprint density at radius 2 is 2.29 bits per heavy atom. The molecule has 24 heavy (non-hydrogen) atoms. The van der Waals surface area contributed by atoms with Gasteiger partial charge in [0.2, 0.25) is 5.58 Å². The van der Waals surface area contributed by atoms with Crippen LogP contribution in [0.4, 0.5) is 0 Å². The molecule has 2 bridgehead atoms. The summed E-state index contributed by atoms with van der Waals surface area (Å²) in [5, 5.41) is 11.0. The molecule has 7 heteroatoms. The van der Waals surface area contributed by atoms with Crippen LogP contribution < -0.4 is 5.56 Å². The minimum Gasteiger partial charge on any atom is -0.449 e. The summed E-state index contributed by atoms with van der Waals surface area (Å²) in [4.78, 5) is 22.1. The summed E-state index contributed by atoms with van der Waals surface area (Å²) < 4.78 is 6.57. The fourth-order valence-corrected chi connectivity index (χ4v) is 4.56. The lowest BCUT2D eigenvalue weighted by Crippen LogP contribution is -2.35. The maximum absolute atomic E-state index is 12.4. The van der Waals surface area contributed by atoms with Crippen molar-refractivity contribution >= 4 is 38.0 Å². The highest BCUT2D eigenvalue weighted by molar-refractivity contribution is 9.10. The van der Waals surface area contributed by atoms with Crippen LogP contribution in [0.1, 0.15) is 18.7 Å². The summed E-state index contributed by atoms with van der Waals surface area (Å²) in [6.07, 6.45) is 1.86. The summed E-state index contributed by atoms with van der Waals surface area (Å²) in [5.74, 6) is 0.978. The van der Waals surface area contributed by atoms with Gasteiger partial charge in [-0.1, -0.05) is 15.9 Å². The van der Waals surface area contributed by atoms with Crippen LogP contribution in [0.15, 0.2) is 31.9 Å². The van der Waals surface area contributed by atoms with Gasteiger partial charge in [-0.25, -0.2) is 4.98 Å². The summed E-state index contributed by atoms with van der Waals surface area (Å²) in [7, 11) is 0. The van der Waals surface area contributed by atoms with E-state index in [-0.39, 0.29) is 23.3 Å². The second-order valence-electron chi connectivity index (χ2n) is 6.76. The van der Waals surface area contributed by atoms with Crippen LogP contribution in [0.3, 0.4) is 0 Å². The zero-order valence-electron chi connectivity index (χ0n) is 12.8. The Bertz CT molecular complexity index is 1010. The van der Waals surface area contributed by atoms with Crippen molar-refractivity contribution in [1.82, 2.24) is 14.9 Å². The minimum atomic E-state index is -0.257. The third kappa shape index (κ3) is 2.08. The van der Waals surface area contributed by atoms with E-state index in [9.17, 15) is 9.90 Å². The first kappa shape index (κ1) is 14.6. The number of benzene rings is 1. The number of likely N-dealkylation sites (tertiary alicyclic amines) is 1. The quantitative estimate of drug-likeness (QED) is 0.702. The number of aromatic nitrogens is 2. The second-order valence-corrected chi connectivity index (χ2v) is 7.67. The van der Waals surface area contributed by atoms with Crippen molar-refractivity contribution in [3.8, 4) is 0 Å². The monoisotopic (exact) mass is 389 g/mol. The predicted molar refractivity (Wildman–Crippen MR) is 92.8 cm³/mol. The highest BCUT2D eigenvalue weighted by Gasteiger charge is 2.45. The molecule has 3 heterocycles. The minimum absolute atomic E-state index is 0.186. The molecular weight excluding hydrogens is 374 g/mol. The van der Waals surface area contributed by atoms with Crippen molar-refractivity contribution in [3.63, 3.8) is 0 Å². The van der Waals surface area contributed by atoms with Crippen LogP contribution in [0.25, 0.3) is 22.1 Å². The number of nitrogens with one attached hydrogen (secondary N) is 1. The van der Waals surface area contributed by atoms with Gasteiger partial charge in [-0.2, -0.15) is 0 Å². The Balaban J connectivity index is 1.58. The number of nitrogens with zero attached hydrogens (tertiary/aromatic N) is 2. The van der Waals surface area contributed by atoms with Gasteiger partial charge in [0.05, 0.1) is 12.6 Å². The van der Waals surface area contributed by atoms with Crippen LogP contribution in [-0.2, 0) is 6.54 Å². The molecule has 2 fully saturated rings. The molecule has 1 aromatic carbocycles. The Kier molecular flexibility index (Phi) is 3.14. The van der Waals surface area contributed by atoms with Crippen LogP contribution in [0.2, 0.25) is 0 Å². The topological polar surface area (TPSA) is 82.4 Å². The van der Waals surface area contributed by atoms with Crippen LogP contribution in [0.5, 0.6) is 0 Å². The van der Waals surface area contributed by atoms with Gasteiger partial charge in [0, 0.05) is 22.4 Å². The number of aliphatic hydroxyl groups excluding tert-OH is 1. The van der Waals surface area contributed by atoms with Gasteiger partial charge in [-0.05, 0) is 37.0 Å². The summed E-state index contributed by atoms with van der Waals surface area (Å²) in [6.45, 7) is 1.41. The average Bonchev–Trinajstić information content (AvgIpc) is 3.18. The lowest BCUT2D eigenvalue weighted by Gasteiger charge is -2.25. The number of hydrogen-bond acceptors (Lipinski definition) is 5. The number of furan rings is 1. The number of piperidine rings is 1. The van der Waals surface area contributed by atoms with Crippen LogP contribution >= 0.6 is 15.9 Å². The molecule has 1 saturated carbocycles. The molecule has 2 aliphatic rings. The number of halogens is 1. The van der Waals surface area contributed by atoms with E-state index < -0.39 is 0 Å². The number of rotatable bonds is 2. The molecule has 1 saturated heterocycles. The third-order valence-electron chi connectivity index (χ3n) is 5.34. The molecular formula is C17H16BrN3O3. The molecule has 3 atom stereocenters. The maximum Gasteiger partial charge on any atom is 0.294 e. The first-order valence-electron chi connectivity index (χ1n) is 8.13. The zero-order valence-corrected chi connectivity index (χ0v) is 14.4. The Hall–Kier alpha value is -1.70. The fraction of sp³-hybridized carbons (Fsp3) is 0.412. The maximum atomic E-state index is 12.4. The first-order valence-corrected chi connectivity index (χ1v) is 8.92. The van der Waals surface area contributed by atoms with Crippen LogP contribution in [-0.4, -0.2) is 38.7 Å². The average molecular weight is 390 g/mol. The van der Waals surface area contributed by atoms with E-state index in [1.807, 2.05) is 18.2 Å². The highest BCUT2D eigenvalue weighted by Crippen LogP contribution is 2.38. The zero-order chi connectivity index (χ0) is 16.4. The molecule has 1 aliphatic carbocycles. The van der Waals surface area contributed by atoms with Gasteiger partial charge in [-0.3, -0.25) is 9.69 Å². The number of aliphatic hydroxyl groups is 1. The molecule has 0 radical (unpaired) electrons. The molecule has 1 aliphatic heterocycles. The van der Waals surface area contributed by atoms with Crippen LogP contribution in [0, 0.1) is 5.92 Å². The molecule has 5 rings (SSSR count). The van der Waals surface area contributed by atoms with E-state index in [1.165, 1.54) is 0 Å². The molecule has 124 valence electrons. The Labute approximate surface area is 145 Å². The Morgan fingerprint density at radius 3 is 3.04 bits per heavy atom. The first-order chi connectivity index (χ1) is 11.6.